The highest BCUT2D eigenvalue weighted by Gasteiger charge is 2.20. The molecule has 4 aromatic rings. The summed E-state index contributed by atoms with van der Waals surface area (Å²) in [6.45, 7) is 5.67. The molecule has 2 heterocycles. The third-order valence-corrected chi connectivity index (χ3v) is 4.64. The molecule has 0 radical (unpaired) electrons. The van der Waals surface area contributed by atoms with Gasteiger partial charge in [0.05, 0.1) is 22.3 Å². The number of hydrogen-bond donors (Lipinski definition) is 1. The molecule has 1 amide bonds. The number of rotatable bonds is 3. The number of benzene rings is 2. The quantitative estimate of drug-likeness (QED) is 0.534. The van der Waals surface area contributed by atoms with Crippen LogP contribution in [-0.2, 0) is 0 Å². The highest BCUT2D eigenvalue weighted by atomic mass is 19.1. The van der Waals surface area contributed by atoms with E-state index in [0.29, 0.717) is 27.9 Å². The third-order valence-electron chi connectivity index (χ3n) is 4.64. The molecule has 0 atom stereocenters. The second kappa shape index (κ2) is 6.88. The molecular weight excluding hydrogens is 357 g/mol. The summed E-state index contributed by atoms with van der Waals surface area (Å²) in [5.41, 5.74) is 5.20. The maximum atomic E-state index is 13.3. The summed E-state index contributed by atoms with van der Waals surface area (Å²) in [4.78, 5) is 17.6. The van der Waals surface area contributed by atoms with Gasteiger partial charge in [0.25, 0.3) is 11.6 Å². The Hall–Kier alpha value is -3.54. The van der Waals surface area contributed by atoms with Gasteiger partial charge in [0.15, 0.2) is 0 Å². The topological polar surface area (TPSA) is 68.0 Å². The van der Waals surface area contributed by atoms with E-state index in [1.807, 2.05) is 32.0 Å². The van der Waals surface area contributed by atoms with Gasteiger partial charge in [-0.1, -0.05) is 17.3 Å². The molecule has 0 spiro atoms. The van der Waals surface area contributed by atoms with Crippen LogP contribution in [-0.4, -0.2) is 16.0 Å². The van der Waals surface area contributed by atoms with Crippen molar-refractivity contribution in [2.24, 2.45) is 0 Å². The summed E-state index contributed by atoms with van der Waals surface area (Å²) in [6, 6.07) is 13.5. The first-order chi connectivity index (χ1) is 13.4. The lowest BCUT2D eigenvalue weighted by molar-refractivity contribution is 0.102. The number of fused-ring (bicyclic) bond motifs is 1. The SMILES string of the molecule is Cc1ccc(C)c(NC(=O)c2cc(-c3ccc(F)cc3)nc3onc(C)c23)c1. The van der Waals surface area contributed by atoms with Crippen LogP contribution in [0.1, 0.15) is 27.2 Å². The zero-order valence-electron chi connectivity index (χ0n) is 15.7. The molecule has 140 valence electrons. The smallest absolute Gasteiger partial charge is 0.259 e. The number of hydrogen-bond acceptors (Lipinski definition) is 4. The lowest BCUT2D eigenvalue weighted by atomic mass is 10.0. The van der Waals surface area contributed by atoms with Crippen LogP contribution in [0.25, 0.3) is 22.4 Å². The number of halogens is 1. The Morgan fingerprint density at radius 3 is 2.54 bits per heavy atom. The Morgan fingerprint density at radius 1 is 1.04 bits per heavy atom. The lowest BCUT2D eigenvalue weighted by Gasteiger charge is -2.11. The first-order valence-corrected chi connectivity index (χ1v) is 8.84. The lowest BCUT2D eigenvalue weighted by Crippen LogP contribution is -2.14. The number of aryl methyl sites for hydroxylation is 3. The maximum Gasteiger partial charge on any atom is 0.259 e. The van der Waals surface area contributed by atoms with Gasteiger partial charge in [-0.15, -0.1) is 0 Å². The van der Waals surface area contributed by atoms with E-state index in [4.69, 9.17) is 4.52 Å². The fraction of sp³-hybridized carbons (Fsp3) is 0.136. The monoisotopic (exact) mass is 375 g/mol. The van der Waals surface area contributed by atoms with E-state index in [9.17, 15) is 9.18 Å². The first kappa shape index (κ1) is 17.9. The van der Waals surface area contributed by atoms with Crippen LogP contribution in [0.3, 0.4) is 0 Å². The number of carbonyl (C=O) groups excluding carboxylic acids is 1. The molecule has 1 N–H and O–H groups in total. The van der Waals surface area contributed by atoms with Crippen molar-refractivity contribution in [2.45, 2.75) is 20.8 Å². The van der Waals surface area contributed by atoms with E-state index >= 15 is 0 Å². The highest BCUT2D eigenvalue weighted by Crippen LogP contribution is 2.28. The molecule has 2 aromatic carbocycles. The summed E-state index contributed by atoms with van der Waals surface area (Å²) in [5.74, 6) is -0.621. The van der Waals surface area contributed by atoms with Crippen molar-refractivity contribution < 1.29 is 13.7 Å². The predicted molar refractivity (Wildman–Crippen MR) is 106 cm³/mol. The van der Waals surface area contributed by atoms with Crippen molar-refractivity contribution >= 4 is 22.7 Å². The molecule has 0 aliphatic rings. The van der Waals surface area contributed by atoms with Crippen LogP contribution in [0, 0.1) is 26.6 Å². The second-order valence-electron chi connectivity index (χ2n) is 6.78. The summed E-state index contributed by atoms with van der Waals surface area (Å²) in [6.07, 6.45) is 0. The van der Waals surface area contributed by atoms with Gasteiger partial charge < -0.3 is 9.84 Å². The normalized spacial score (nSPS) is 11.0. The zero-order valence-corrected chi connectivity index (χ0v) is 15.7. The van der Waals surface area contributed by atoms with E-state index < -0.39 is 0 Å². The molecule has 28 heavy (non-hydrogen) atoms. The molecule has 0 fully saturated rings. The minimum Gasteiger partial charge on any atom is -0.335 e. The summed E-state index contributed by atoms with van der Waals surface area (Å²) in [7, 11) is 0. The van der Waals surface area contributed by atoms with Gasteiger partial charge in [-0.3, -0.25) is 4.79 Å². The van der Waals surface area contributed by atoms with E-state index in [1.165, 1.54) is 12.1 Å². The van der Waals surface area contributed by atoms with Gasteiger partial charge in [-0.05, 0) is 68.3 Å². The predicted octanol–water partition coefficient (Wildman–Crippen LogP) is 5.21. The van der Waals surface area contributed by atoms with Crippen molar-refractivity contribution in [3.63, 3.8) is 0 Å². The van der Waals surface area contributed by atoms with Gasteiger partial charge in [0, 0.05) is 11.3 Å². The number of carbonyl (C=O) groups is 1. The minimum atomic E-state index is -0.340. The summed E-state index contributed by atoms with van der Waals surface area (Å²) in [5, 5.41) is 7.48. The van der Waals surface area contributed by atoms with Crippen LogP contribution in [0.4, 0.5) is 10.1 Å². The van der Waals surface area contributed by atoms with Crippen molar-refractivity contribution in [1.29, 1.82) is 0 Å². The maximum absolute atomic E-state index is 13.3. The van der Waals surface area contributed by atoms with Crippen LogP contribution < -0.4 is 5.32 Å². The molecule has 0 bridgehead atoms. The number of aromatic nitrogens is 2. The molecule has 0 aliphatic heterocycles. The van der Waals surface area contributed by atoms with Gasteiger partial charge in [0.2, 0.25) is 0 Å². The Kier molecular flexibility index (Phi) is 4.39. The van der Waals surface area contributed by atoms with Crippen molar-refractivity contribution in [3.05, 3.63) is 76.7 Å². The molecule has 0 saturated carbocycles. The van der Waals surface area contributed by atoms with E-state index in [1.54, 1.807) is 25.1 Å². The summed E-state index contributed by atoms with van der Waals surface area (Å²) >= 11 is 0. The average molecular weight is 375 g/mol. The molecular formula is C22H18FN3O2. The Balaban J connectivity index is 1.82. The standard InChI is InChI=1S/C22H18FN3O2/c1-12-4-5-13(2)18(10-12)24-21(27)17-11-19(15-6-8-16(23)9-7-15)25-22-20(17)14(3)26-28-22/h4-11H,1-3H3,(H,24,27). The van der Waals surface area contributed by atoms with E-state index in [2.05, 4.69) is 15.5 Å². The molecule has 0 unspecified atom stereocenters. The number of anilines is 1. The minimum absolute atomic E-state index is 0.269. The van der Waals surface area contributed by atoms with Crippen LogP contribution >= 0.6 is 0 Å². The molecule has 0 saturated heterocycles. The van der Waals surface area contributed by atoms with Gasteiger partial charge in [-0.25, -0.2) is 9.37 Å². The Labute approximate surface area is 161 Å². The largest absolute Gasteiger partial charge is 0.335 e. The molecule has 4 rings (SSSR count). The molecule has 5 nitrogen and oxygen atoms in total. The summed E-state index contributed by atoms with van der Waals surface area (Å²) < 4.78 is 18.6. The van der Waals surface area contributed by atoms with Crippen LogP contribution in [0.2, 0.25) is 0 Å². The van der Waals surface area contributed by atoms with Crippen LogP contribution in [0.5, 0.6) is 0 Å². The number of pyridine rings is 1. The van der Waals surface area contributed by atoms with Crippen LogP contribution in [0.15, 0.2) is 53.1 Å². The zero-order chi connectivity index (χ0) is 19.8. The van der Waals surface area contributed by atoms with Gasteiger partial charge >= 0.3 is 0 Å². The molecule has 6 heteroatoms. The van der Waals surface area contributed by atoms with Gasteiger partial charge in [0.1, 0.15) is 5.82 Å². The number of amides is 1. The number of nitrogens with zero attached hydrogens (tertiary/aromatic N) is 2. The van der Waals surface area contributed by atoms with E-state index in [-0.39, 0.29) is 17.4 Å². The molecule has 0 aliphatic carbocycles. The Morgan fingerprint density at radius 2 is 1.79 bits per heavy atom. The number of nitrogens with one attached hydrogen (secondary N) is 1. The Bertz CT molecular complexity index is 1200. The van der Waals surface area contributed by atoms with Gasteiger partial charge in [-0.2, -0.15) is 0 Å². The molecule has 2 aromatic heterocycles. The van der Waals surface area contributed by atoms with Crippen molar-refractivity contribution in [2.75, 3.05) is 5.32 Å². The van der Waals surface area contributed by atoms with E-state index in [0.717, 1.165) is 16.8 Å². The second-order valence-corrected chi connectivity index (χ2v) is 6.78. The fourth-order valence-corrected chi connectivity index (χ4v) is 3.10. The average Bonchev–Trinajstić information content (AvgIpc) is 3.05. The third kappa shape index (κ3) is 3.24. The highest BCUT2D eigenvalue weighted by molar-refractivity contribution is 6.13. The fourth-order valence-electron chi connectivity index (χ4n) is 3.10. The van der Waals surface area contributed by atoms with Crippen molar-refractivity contribution in [3.8, 4) is 11.3 Å². The van der Waals surface area contributed by atoms with Crippen molar-refractivity contribution in [1.82, 2.24) is 10.1 Å². The first-order valence-electron chi connectivity index (χ1n) is 8.84.